The summed E-state index contributed by atoms with van der Waals surface area (Å²) in [4.78, 5) is 2.25. The Hall–Kier alpha value is -0.890. The molecule has 1 N–H and O–H groups in total. The molecule has 2 rings (SSSR count). The second-order valence-corrected chi connectivity index (χ2v) is 4.30. The first-order valence-corrected chi connectivity index (χ1v) is 5.32. The lowest BCUT2D eigenvalue weighted by molar-refractivity contribution is 0.711. The van der Waals surface area contributed by atoms with Crippen molar-refractivity contribution in [3.05, 3.63) is 23.2 Å². The molecule has 76 valence electrons. The van der Waals surface area contributed by atoms with Crippen LogP contribution < -0.4 is 10.2 Å². The number of anilines is 2. The fourth-order valence-corrected chi connectivity index (χ4v) is 2.02. The molecule has 2 nitrogen and oxygen atoms in total. The summed E-state index contributed by atoms with van der Waals surface area (Å²) in [5, 5.41) is 4.26. The molecule has 0 fully saturated rings. The molecule has 1 unspecified atom stereocenters. The monoisotopic (exact) mass is 210 g/mol. The Morgan fingerprint density at radius 2 is 2.29 bits per heavy atom. The van der Waals surface area contributed by atoms with Crippen molar-refractivity contribution in [2.45, 2.75) is 19.4 Å². The molecule has 0 aliphatic carbocycles. The molecule has 0 bridgehead atoms. The molecule has 1 aromatic rings. The summed E-state index contributed by atoms with van der Waals surface area (Å²) >= 11 is 6.16. The number of nitrogens with one attached hydrogen (secondary N) is 1. The maximum Gasteiger partial charge on any atom is 0.0769 e. The fraction of sp³-hybridized carbons (Fsp3) is 0.455. The average molecular weight is 211 g/mol. The van der Waals surface area contributed by atoms with E-state index in [2.05, 4.69) is 30.3 Å². The first-order chi connectivity index (χ1) is 6.68. The molecule has 1 heterocycles. The number of halogens is 1. The lowest BCUT2D eigenvalue weighted by atomic mass is 10.2. The van der Waals surface area contributed by atoms with Gasteiger partial charge in [-0.3, -0.25) is 0 Å². The molecule has 1 atom stereocenters. The minimum Gasteiger partial charge on any atom is -0.380 e. The summed E-state index contributed by atoms with van der Waals surface area (Å²) in [7, 11) is 2.11. The molecule has 3 heteroatoms. The third-order valence-corrected chi connectivity index (χ3v) is 3.01. The molecule has 14 heavy (non-hydrogen) atoms. The zero-order chi connectivity index (χ0) is 10.1. The normalized spacial score (nSPS) is 21.1. The van der Waals surface area contributed by atoms with Crippen molar-refractivity contribution < 1.29 is 0 Å². The van der Waals surface area contributed by atoms with E-state index in [4.69, 9.17) is 11.6 Å². The molecule has 0 amide bonds. The van der Waals surface area contributed by atoms with Crippen LogP contribution in [0, 0.1) is 0 Å². The summed E-state index contributed by atoms with van der Waals surface area (Å²) in [6.07, 6.45) is 1.14. The Bertz CT molecular complexity index is 338. The molecule has 0 aromatic heterocycles. The number of hydrogen-bond acceptors (Lipinski definition) is 2. The van der Waals surface area contributed by atoms with Gasteiger partial charge in [-0.05, 0) is 25.5 Å². The second-order valence-electron chi connectivity index (χ2n) is 3.89. The van der Waals surface area contributed by atoms with E-state index in [0.29, 0.717) is 6.04 Å². The van der Waals surface area contributed by atoms with Gasteiger partial charge < -0.3 is 10.2 Å². The van der Waals surface area contributed by atoms with Crippen molar-refractivity contribution in [3.63, 3.8) is 0 Å². The number of hydrogen-bond donors (Lipinski definition) is 1. The lowest BCUT2D eigenvalue weighted by Gasteiger charge is -2.19. The summed E-state index contributed by atoms with van der Waals surface area (Å²) in [6.45, 7) is 3.26. The van der Waals surface area contributed by atoms with Gasteiger partial charge >= 0.3 is 0 Å². The van der Waals surface area contributed by atoms with Crippen LogP contribution in [-0.2, 0) is 0 Å². The number of benzene rings is 1. The minimum atomic E-state index is 0.485. The van der Waals surface area contributed by atoms with Gasteiger partial charge in [0.1, 0.15) is 0 Å². The van der Waals surface area contributed by atoms with Gasteiger partial charge in [-0.2, -0.15) is 0 Å². The quantitative estimate of drug-likeness (QED) is 0.708. The largest absolute Gasteiger partial charge is 0.380 e. The maximum absolute atomic E-state index is 6.16. The molecule has 0 spiro atoms. The summed E-state index contributed by atoms with van der Waals surface area (Å²) in [6, 6.07) is 6.51. The predicted molar refractivity (Wildman–Crippen MR) is 62.4 cm³/mol. The second kappa shape index (κ2) is 3.70. The van der Waals surface area contributed by atoms with Gasteiger partial charge in [0, 0.05) is 19.6 Å². The van der Waals surface area contributed by atoms with Crippen LogP contribution in [-0.4, -0.2) is 19.6 Å². The van der Waals surface area contributed by atoms with Gasteiger partial charge in [0.05, 0.1) is 16.4 Å². The van der Waals surface area contributed by atoms with Gasteiger partial charge in [-0.1, -0.05) is 17.7 Å². The van der Waals surface area contributed by atoms with E-state index < -0.39 is 0 Å². The maximum atomic E-state index is 6.16. The van der Waals surface area contributed by atoms with Crippen molar-refractivity contribution in [2.75, 3.05) is 23.8 Å². The topological polar surface area (TPSA) is 15.3 Å². The van der Waals surface area contributed by atoms with E-state index in [0.717, 1.165) is 23.7 Å². The number of rotatable bonds is 0. The third kappa shape index (κ3) is 1.67. The average Bonchev–Trinajstić information content (AvgIpc) is 2.30. The number of fused-ring (bicyclic) bond motifs is 1. The first kappa shape index (κ1) is 9.66. The zero-order valence-electron chi connectivity index (χ0n) is 8.55. The van der Waals surface area contributed by atoms with E-state index in [1.54, 1.807) is 0 Å². The van der Waals surface area contributed by atoms with Gasteiger partial charge in [0.25, 0.3) is 0 Å². The van der Waals surface area contributed by atoms with Gasteiger partial charge in [0.2, 0.25) is 0 Å². The Balaban J connectivity index is 2.46. The molecular formula is C11H15ClN2. The molecule has 0 saturated heterocycles. The predicted octanol–water partition coefficient (Wildman–Crippen LogP) is 2.98. The molecule has 0 radical (unpaired) electrons. The van der Waals surface area contributed by atoms with Crippen LogP contribution in [0.25, 0.3) is 0 Å². The van der Waals surface area contributed by atoms with Crippen molar-refractivity contribution >= 4 is 23.0 Å². The fourth-order valence-electron chi connectivity index (χ4n) is 1.80. The van der Waals surface area contributed by atoms with E-state index >= 15 is 0 Å². The first-order valence-electron chi connectivity index (χ1n) is 4.94. The van der Waals surface area contributed by atoms with E-state index in [1.165, 1.54) is 5.69 Å². The highest BCUT2D eigenvalue weighted by Crippen LogP contribution is 2.35. The lowest BCUT2D eigenvalue weighted by Crippen LogP contribution is -2.19. The van der Waals surface area contributed by atoms with Gasteiger partial charge in [-0.15, -0.1) is 0 Å². The number of nitrogens with zero attached hydrogens (tertiary/aromatic N) is 1. The zero-order valence-corrected chi connectivity index (χ0v) is 9.30. The van der Waals surface area contributed by atoms with Crippen molar-refractivity contribution in [1.82, 2.24) is 0 Å². The Kier molecular flexibility index (Phi) is 2.55. The highest BCUT2D eigenvalue weighted by molar-refractivity contribution is 6.34. The van der Waals surface area contributed by atoms with Crippen LogP contribution in [0.15, 0.2) is 18.2 Å². The van der Waals surface area contributed by atoms with Crippen molar-refractivity contribution in [3.8, 4) is 0 Å². The Morgan fingerprint density at radius 3 is 3.07 bits per heavy atom. The van der Waals surface area contributed by atoms with Crippen LogP contribution in [0.1, 0.15) is 13.3 Å². The van der Waals surface area contributed by atoms with Crippen molar-refractivity contribution in [1.29, 1.82) is 0 Å². The van der Waals surface area contributed by atoms with Crippen molar-refractivity contribution in [2.24, 2.45) is 0 Å². The molecule has 1 aliphatic rings. The minimum absolute atomic E-state index is 0.485. The van der Waals surface area contributed by atoms with E-state index in [1.807, 2.05) is 12.1 Å². The summed E-state index contributed by atoms with van der Waals surface area (Å²) < 4.78 is 0. The SMILES string of the molecule is CC1CCN(C)c2cccc(Cl)c2N1. The summed E-state index contributed by atoms with van der Waals surface area (Å²) in [5.74, 6) is 0. The Morgan fingerprint density at radius 1 is 1.50 bits per heavy atom. The van der Waals surface area contributed by atoms with E-state index in [9.17, 15) is 0 Å². The third-order valence-electron chi connectivity index (χ3n) is 2.69. The van der Waals surface area contributed by atoms with Gasteiger partial charge in [-0.25, -0.2) is 0 Å². The Labute approximate surface area is 89.9 Å². The molecule has 0 saturated carbocycles. The standard InChI is InChI=1S/C11H15ClN2/c1-8-6-7-14(2)10-5-3-4-9(12)11(10)13-8/h3-5,8,13H,6-7H2,1-2H3. The number of para-hydroxylation sites is 1. The highest BCUT2D eigenvalue weighted by Gasteiger charge is 2.17. The summed E-state index contributed by atoms with van der Waals surface area (Å²) in [5.41, 5.74) is 2.27. The highest BCUT2D eigenvalue weighted by atomic mass is 35.5. The molecule has 1 aliphatic heterocycles. The van der Waals surface area contributed by atoms with Crippen LogP contribution in [0.5, 0.6) is 0 Å². The van der Waals surface area contributed by atoms with Gasteiger partial charge in [0.15, 0.2) is 0 Å². The van der Waals surface area contributed by atoms with Crippen LogP contribution in [0.3, 0.4) is 0 Å². The van der Waals surface area contributed by atoms with Crippen LogP contribution >= 0.6 is 11.6 Å². The molecule has 1 aromatic carbocycles. The van der Waals surface area contributed by atoms with Crippen LogP contribution in [0.4, 0.5) is 11.4 Å². The molecular weight excluding hydrogens is 196 g/mol. The smallest absolute Gasteiger partial charge is 0.0769 e. The van der Waals surface area contributed by atoms with E-state index in [-0.39, 0.29) is 0 Å². The van der Waals surface area contributed by atoms with Crippen LogP contribution in [0.2, 0.25) is 5.02 Å².